The smallest absolute Gasteiger partial charge is 0.315 e. The fourth-order valence-electron chi connectivity index (χ4n) is 5.41. The third-order valence-electron chi connectivity index (χ3n) is 7.25. The lowest BCUT2D eigenvalue weighted by molar-refractivity contribution is -0.146. The van der Waals surface area contributed by atoms with Gasteiger partial charge in [0.15, 0.2) is 17.3 Å². The normalized spacial score (nSPS) is 20.8. The van der Waals surface area contributed by atoms with Crippen molar-refractivity contribution in [3.05, 3.63) is 58.8 Å². The van der Waals surface area contributed by atoms with E-state index in [1.54, 1.807) is 34.5 Å². The van der Waals surface area contributed by atoms with Crippen LogP contribution in [0.25, 0.3) is 0 Å². The molecule has 0 amide bonds. The molecule has 1 unspecified atom stereocenters. The summed E-state index contributed by atoms with van der Waals surface area (Å²) in [7, 11) is 6.33. The van der Waals surface area contributed by atoms with E-state index in [-0.39, 0.29) is 18.1 Å². The molecule has 8 nitrogen and oxygen atoms in total. The van der Waals surface area contributed by atoms with Gasteiger partial charge in [0.1, 0.15) is 17.4 Å². The average Bonchev–Trinajstić information content (AvgIpc) is 2.94. The number of ether oxygens (including phenoxy) is 5. The highest BCUT2D eigenvalue weighted by Crippen LogP contribution is 2.49. The average molecular weight is 522 g/mol. The van der Waals surface area contributed by atoms with Gasteiger partial charge in [-0.3, -0.25) is 14.6 Å². The van der Waals surface area contributed by atoms with Crippen molar-refractivity contribution in [3.63, 3.8) is 0 Å². The number of hydrogen-bond donors (Lipinski definition) is 0. The zero-order chi connectivity index (χ0) is 27.4. The van der Waals surface area contributed by atoms with Gasteiger partial charge in [0.25, 0.3) is 0 Å². The van der Waals surface area contributed by atoms with Crippen molar-refractivity contribution in [1.29, 1.82) is 0 Å². The maximum absolute atomic E-state index is 13.9. The Labute approximate surface area is 223 Å². The lowest BCUT2D eigenvalue weighted by Crippen LogP contribution is -2.38. The molecule has 0 saturated heterocycles. The molecule has 0 fully saturated rings. The molecule has 2 aromatic rings. The van der Waals surface area contributed by atoms with E-state index in [0.717, 1.165) is 11.1 Å². The van der Waals surface area contributed by atoms with Gasteiger partial charge in [0.2, 0.25) is 0 Å². The number of esters is 1. The predicted molar refractivity (Wildman–Crippen MR) is 144 cm³/mol. The fraction of sp³-hybridized carbons (Fsp3) is 0.433. The lowest BCUT2D eigenvalue weighted by atomic mass is 9.69. The summed E-state index contributed by atoms with van der Waals surface area (Å²) in [6.45, 7) is 4.07. The van der Waals surface area contributed by atoms with Crippen LogP contribution in [0.3, 0.4) is 0 Å². The van der Waals surface area contributed by atoms with Crippen LogP contribution in [0.1, 0.15) is 56.1 Å². The lowest BCUT2D eigenvalue weighted by Gasteiger charge is -2.37. The van der Waals surface area contributed by atoms with Crippen molar-refractivity contribution in [2.24, 2.45) is 10.9 Å². The van der Waals surface area contributed by atoms with Crippen molar-refractivity contribution in [2.45, 2.75) is 44.9 Å². The van der Waals surface area contributed by atoms with Gasteiger partial charge in [-0.25, -0.2) is 0 Å². The summed E-state index contributed by atoms with van der Waals surface area (Å²) in [6, 6.07) is 11.2. The molecule has 38 heavy (non-hydrogen) atoms. The van der Waals surface area contributed by atoms with Crippen LogP contribution >= 0.6 is 0 Å². The first kappa shape index (κ1) is 27.2. The summed E-state index contributed by atoms with van der Waals surface area (Å²) in [5.41, 5.74) is 3.56. The van der Waals surface area contributed by atoms with Crippen molar-refractivity contribution < 1.29 is 33.3 Å². The number of methoxy groups -OCH3 is 4. The van der Waals surface area contributed by atoms with E-state index >= 15 is 0 Å². The molecule has 0 saturated carbocycles. The number of ketones is 1. The summed E-state index contributed by atoms with van der Waals surface area (Å²) in [6.07, 6.45) is 1.54. The maximum Gasteiger partial charge on any atom is 0.315 e. The molecular formula is C30H35NO7. The fourth-order valence-corrected chi connectivity index (χ4v) is 5.41. The van der Waals surface area contributed by atoms with Crippen molar-refractivity contribution in [1.82, 2.24) is 0 Å². The predicted octanol–water partition coefficient (Wildman–Crippen LogP) is 5.25. The van der Waals surface area contributed by atoms with E-state index in [9.17, 15) is 9.59 Å². The summed E-state index contributed by atoms with van der Waals surface area (Å²) in [5, 5.41) is 0. The summed E-state index contributed by atoms with van der Waals surface area (Å²) < 4.78 is 27.5. The van der Waals surface area contributed by atoms with Crippen LogP contribution < -0.4 is 18.9 Å². The SMILES string of the molecule is CCCOC(=O)C1C(C)=NC2=C(C(=O)C[C@@H](c3ccc(OC)c(OC)c3)C2)[C@H]1c1ccc(OC)cc1OC. The molecule has 0 N–H and O–H groups in total. The first-order chi connectivity index (χ1) is 18.4. The quantitative estimate of drug-likeness (QED) is 0.416. The summed E-state index contributed by atoms with van der Waals surface area (Å²) >= 11 is 0. The van der Waals surface area contributed by atoms with Gasteiger partial charge in [0.05, 0.1) is 35.0 Å². The molecule has 0 spiro atoms. The molecular weight excluding hydrogens is 486 g/mol. The number of benzene rings is 2. The van der Waals surface area contributed by atoms with E-state index in [1.165, 1.54) is 0 Å². The number of allylic oxidation sites excluding steroid dienone is 2. The molecule has 8 heteroatoms. The second-order valence-corrected chi connectivity index (χ2v) is 9.49. The number of rotatable bonds is 9. The first-order valence-corrected chi connectivity index (χ1v) is 12.8. The Bertz CT molecular complexity index is 1280. The number of hydrogen-bond acceptors (Lipinski definition) is 8. The van der Waals surface area contributed by atoms with Gasteiger partial charge in [0, 0.05) is 41.0 Å². The highest BCUT2D eigenvalue weighted by atomic mass is 16.5. The summed E-state index contributed by atoms with van der Waals surface area (Å²) in [5.74, 6) is 0.574. The zero-order valence-corrected chi connectivity index (χ0v) is 22.8. The summed E-state index contributed by atoms with van der Waals surface area (Å²) in [4.78, 5) is 32.1. The molecule has 1 heterocycles. The molecule has 4 rings (SSSR count). The van der Waals surface area contributed by atoms with Crippen LogP contribution in [-0.2, 0) is 14.3 Å². The largest absolute Gasteiger partial charge is 0.497 e. The third-order valence-corrected chi connectivity index (χ3v) is 7.25. The van der Waals surface area contributed by atoms with Crippen LogP contribution in [-0.4, -0.2) is 52.5 Å². The third kappa shape index (κ3) is 5.12. The Morgan fingerprint density at radius 3 is 2.32 bits per heavy atom. The second-order valence-electron chi connectivity index (χ2n) is 9.49. The van der Waals surface area contributed by atoms with Crippen LogP contribution in [0.4, 0.5) is 0 Å². The number of nitrogens with zero attached hydrogens (tertiary/aromatic N) is 1. The Kier molecular flexibility index (Phi) is 8.39. The zero-order valence-electron chi connectivity index (χ0n) is 22.8. The Morgan fingerprint density at radius 1 is 0.921 bits per heavy atom. The first-order valence-electron chi connectivity index (χ1n) is 12.8. The molecule has 2 aliphatic rings. The molecule has 2 aromatic carbocycles. The standard InChI is InChI=1S/C30H35NO7/c1-7-12-38-30(33)27-17(2)31-22-13-19(18-8-11-24(35-4)26(15-18)37-6)14-23(32)29(22)28(27)21-10-9-20(34-3)16-25(21)36-5/h8-11,15-16,19,27-28H,7,12-14H2,1-6H3/t19-,27?,28-/m0/s1. The van der Waals surface area contributed by atoms with Gasteiger partial charge < -0.3 is 23.7 Å². The number of carbonyl (C=O) groups is 2. The Hall–Kier alpha value is -3.81. The van der Waals surface area contributed by atoms with E-state index in [0.29, 0.717) is 59.4 Å². The minimum atomic E-state index is -0.732. The number of aliphatic imine (C=N–C) groups is 1. The highest BCUT2D eigenvalue weighted by Gasteiger charge is 2.45. The molecule has 202 valence electrons. The molecule has 0 aromatic heterocycles. The van der Waals surface area contributed by atoms with Gasteiger partial charge in [-0.15, -0.1) is 0 Å². The van der Waals surface area contributed by atoms with Gasteiger partial charge in [-0.2, -0.15) is 0 Å². The molecule has 0 bridgehead atoms. The monoisotopic (exact) mass is 521 g/mol. The minimum absolute atomic E-state index is 0.0431. The van der Waals surface area contributed by atoms with Gasteiger partial charge in [-0.1, -0.05) is 19.1 Å². The Balaban J connectivity index is 1.81. The van der Waals surface area contributed by atoms with E-state index in [1.807, 2.05) is 44.2 Å². The van der Waals surface area contributed by atoms with E-state index in [2.05, 4.69) is 0 Å². The van der Waals surface area contributed by atoms with Crippen molar-refractivity contribution >= 4 is 17.5 Å². The van der Waals surface area contributed by atoms with E-state index < -0.39 is 17.8 Å². The van der Waals surface area contributed by atoms with Gasteiger partial charge in [-0.05, 0) is 49.4 Å². The van der Waals surface area contributed by atoms with Crippen molar-refractivity contribution in [2.75, 3.05) is 35.0 Å². The molecule has 1 aliphatic carbocycles. The van der Waals surface area contributed by atoms with Crippen molar-refractivity contribution in [3.8, 4) is 23.0 Å². The second kappa shape index (κ2) is 11.7. The molecule has 1 aliphatic heterocycles. The van der Waals surface area contributed by atoms with Crippen LogP contribution in [0.15, 0.2) is 52.7 Å². The number of Topliss-reactive ketones (excluding diaryl/α,β-unsaturated/α-hetero) is 1. The number of carbonyl (C=O) groups excluding carboxylic acids is 2. The van der Waals surface area contributed by atoms with Crippen LogP contribution in [0.2, 0.25) is 0 Å². The highest BCUT2D eigenvalue weighted by molar-refractivity contribution is 6.09. The topological polar surface area (TPSA) is 92.7 Å². The molecule has 3 atom stereocenters. The minimum Gasteiger partial charge on any atom is -0.497 e. The maximum atomic E-state index is 13.9. The van der Waals surface area contributed by atoms with Gasteiger partial charge >= 0.3 is 5.97 Å². The molecule has 0 radical (unpaired) electrons. The van der Waals surface area contributed by atoms with E-state index in [4.69, 9.17) is 28.7 Å². The Morgan fingerprint density at radius 2 is 1.66 bits per heavy atom. The van der Waals surface area contributed by atoms with Crippen LogP contribution in [0.5, 0.6) is 23.0 Å². The van der Waals surface area contributed by atoms with Crippen LogP contribution in [0, 0.1) is 5.92 Å².